The van der Waals surface area contributed by atoms with Crippen molar-refractivity contribution >= 4 is 15.5 Å². The zero-order valence-corrected chi connectivity index (χ0v) is 14.7. The number of piperazine rings is 1. The number of nitrogens with zero attached hydrogens (tertiary/aromatic N) is 4. The van der Waals surface area contributed by atoms with Gasteiger partial charge in [-0.2, -0.15) is 18.2 Å². The van der Waals surface area contributed by atoms with Crippen LogP contribution in [0, 0.1) is 6.92 Å². The highest BCUT2D eigenvalue weighted by molar-refractivity contribution is 7.92. The Kier molecular flexibility index (Phi) is 4.93. The normalized spacial score (nSPS) is 16.8. The first-order valence-corrected chi connectivity index (χ1v) is 9.33. The molecule has 1 aromatic carbocycles. The van der Waals surface area contributed by atoms with E-state index in [1.54, 1.807) is 11.8 Å². The second kappa shape index (κ2) is 6.88. The van der Waals surface area contributed by atoms with Gasteiger partial charge in [-0.3, -0.25) is 4.90 Å². The van der Waals surface area contributed by atoms with Crippen molar-refractivity contribution in [1.82, 2.24) is 15.0 Å². The van der Waals surface area contributed by atoms with Gasteiger partial charge in [-0.05, 0) is 12.1 Å². The highest BCUT2D eigenvalue weighted by atomic mass is 32.2. The molecule has 0 radical (unpaired) electrons. The number of hydrogen-bond acceptors (Lipinski definition) is 7. The Morgan fingerprint density at radius 3 is 2.38 bits per heavy atom. The number of benzene rings is 1. The molecule has 0 bridgehead atoms. The van der Waals surface area contributed by atoms with Crippen LogP contribution in [0.3, 0.4) is 0 Å². The standard InChI is InChI=1S/C15H17F3N4O3S/c1-11-19-14(20-25-11)10-21-6-8-22(9-7-21)12-4-2-3-5-13(12)26(23,24)15(16,17)18/h2-5H,6-10H2,1H3. The van der Waals surface area contributed by atoms with Crippen LogP contribution in [0.25, 0.3) is 0 Å². The number of aryl methyl sites for hydroxylation is 1. The maximum atomic E-state index is 12.9. The van der Waals surface area contributed by atoms with E-state index in [9.17, 15) is 21.6 Å². The fraction of sp³-hybridized carbons (Fsp3) is 0.467. The van der Waals surface area contributed by atoms with E-state index in [0.717, 1.165) is 6.07 Å². The van der Waals surface area contributed by atoms with Gasteiger partial charge in [0.15, 0.2) is 5.82 Å². The molecule has 26 heavy (non-hydrogen) atoms. The molecule has 0 spiro atoms. The average molecular weight is 390 g/mol. The minimum absolute atomic E-state index is 0.0693. The summed E-state index contributed by atoms with van der Waals surface area (Å²) in [6, 6.07) is 5.21. The number of hydrogen-bond donors (Lipinski definition) is 0. The predicted molar refractivity (Wildman–Crippen MR) is 86.2 cm³/mol. The lowest BCUT2D eigenvalue weighted by atomic mass is 10.2. The highest BCUT2D eigenvalue weighted by Gasteiger charge is 2.48. The lowest BCUT2D eigenvalue weighted by Gasteiger charge is -2.36. The minimum atomic E-state index is -5.40. The van der Waals surface area contributed by atoms with E-state index in [1.165, 1.54) is 18.2 Å². The molecule has 0 atom stereocenters. The summed E-state index contributed by atoms with van der Waals surface area (Å²) in [6.07, 6.45) is 0. The topological polar surface area (TPSA) is 79.5 Å². The second-order valence-corrected chi connectivity index (χ2v) is 7.82. The molecule has 142 valence electrons. The Morgan fingerprint density at radius 1 is 1.15 bits per heavy atom. The smallest absolute Gasteiger partial charge is 0.368 e. The maximum Gasteiger partial charge on any atom is 0.501 e. The van der Waals surface area contributed by atoms with Gasteiger partial charge in [-0.15, -0.1) is 0 Å². The van der Waals surface area contributed by atoms with Crippen LogP contribution in [0.1, 0.15) is 11.7 Å². The molecule has 0 aliphatic carbocycles. The van der Waals surface area contributed by atoms with Crippen molar-refractivity contribution in [2.75, 3.05) is 31.1 Å². The lowest BCUT2D eigenvalue weighted by Crippen LogP contribution is -2.46. The first-order valence-electron chi connectivity index (χ1n) is 7.85. The molecular weight excluding hydrogens is 373 g/mol. The highest BCUT2D eigenvalue weighted by Crippen LogP contribution is 2.36. The molecule has 0 saturated carbocycles. The van der Waals surface area contributed by atoms with Crippen molar-refractivity contribution in [3.05, 3.63) is 36.0 Å². The zero-order valence-electron chi connectivity index (χ0n) is 13.9. The van der Waals surface area contributed by atoms with E-state index >= 15 is 0 Å². The molecule has 1 aliphatic heterocycles. The summed E-state index contributed by atoms with van der Waals surface area (Å²) in [5.41, 5.74) is -5.26. The van der Waals surface area contributed by atoms with Crippen LogP contribution in [0.5, 0.6) is 0 Å². The van der Waals surface area contributed by atoms with Crippen LogP contribution in [0.15, 0.2) is 33.7 Å². The third kappa shape index (κ3) is 3.68. The fourth-order valence-electron chi connectivity index (χ4n) is 2.82. The van der Waals surface area contributed by atoms with Gasteiger partial charge in [0.2, 0.25) is 5.89 Å². The number of anilines is 1. The van der Waals surface area contributed by atoms with Crippen molar-refractivity contribution in [2.45, 2.75) is 23.9 Å². The van der Waals surface area contributed by atoms with Crippen LogP contribution >= 0.6 is 0 Å². The molecule has 1 aliphatic rings. The van der Waals surface area contributed by atoms with Crippen molar-refractivity contribution < 1.29 is 26.1 Å². The summed E-state index contributed by atoms with van der Waals surface area (Å²) in [5.74, 6) is 1.00. The van der Waals surface area contributed by atoms with Crippen molar-refractivity contribution in [3.8, 4) is 0 Å². The van der Waals surface area contributed by atoms with Gasteiger partial charge >= 0.3 is 5.51 Å². The molecular formula is C15H17F3N4O3S. The lowest BCUT2D eigenvalue weighted by molar-refractivity contribution is -0.0435. The van der Waals surface area contributed by atoms with Crippen LogP contribution in [0.4, 0.5) is 18.9 Å². The Labute approximate surface area is 148 Å². The van der Waals surface area contributed by atoms with Gasteiger partial charge < -0.3 is 9.42 Å². The van der Waals surface area contributed by atoms with Gasteiger partial charge in [0, 0.05) is 33.1 Å². The van der Waals surface area contributed by atoms with E-state index in [2.05, 4.69) is 10.1 Å². The Balaban J connectivity index is 1.74. The Bertz CT molecular complexity index is 874. The van der Waals surface area contributed by atoms with Gasteiger partial charge in [-0.1, -0.05) is 17.3 Å². The third-order valence-electron chi connectivity index (χ3n) is 4.11. The summed E-state index contributed by atoms with van der Waals surface area (Å²) in [6.45, 7) is 4.00. The molecule has 1 fully saturated rings. The molecule has 3 rings (SSSR count). The molecule has 7 nitrogen and oxygen atoms in total. The number of alkyl halides is 3. The summed E-state index contributed by atoms with van der Waals surface area (Å²) >= 11 is 0. The van der Waals surface area contributed by atoms with Gasteiger partial charge in [0.05, 0.1) is 17.1 Å². The molecule has 0 N–H and O–H groups in total. The van der Waals surface area contributed by atoms with Gasteiger partial charge in [0.25, 0.3) is 9.84 Å². The van der Waals surface area contributed by atoms with Crippen LogP contribution < -0.4 is 4.90 Å². The number of rotatable bonds is 4. The number of aromatic nitrogens is 2. The first-order chi connectivity index (χ1) is 12.2. The molecule has 2 heterocycles. The maximum absolute atomic E-state index is 12.9. The van der Waals surface area contributed by atoms with Gasteiger partial charge in [0.1, 0.15) is 0 Å². The SMILES string of the molecule is Cc1nc(CN2CCN(c3ccccc3S(=O)(=O)C(F)(F)F)CC2)no1. The Morgan fingerprint density at radius 2 is 1.81 bits per heavy atom. The first kappa shape index (κ1) is 18.6. The molecule has 2 aromatic rings. The molecule has 1 aromatic heterocycles. The van der Waals surface area contributed by atoms with E-state index in [0.29, 0.717) is 44.4 Å². The zero-order chi connectivity index (χ0) is 18.9. The second-order valence-electron chi connectivity index (χ2n) is 5.91. The van der Waals surface area contributed by atoms with Crippen molar-refractivity contribution in [3.63, 3.8) is 0 Å². The quantitative estimate of drug-likeness (QED) is 0.790. The van der Waals surface area contributed by atoms with Crippen molar-refractivity contribution in [1.29, 1.82) is 0 Å². The molecule has 1 saturated heterocycles. The van der Waals surface area contributed by atoms with E-state index in [-0.39, 0.29) is 5.69 Å². The van der Waals surface area contributed by atoms with Crippen molar-refractivity contribution in [2.24, 2.45) is 0 Å². The average Bonchev–Trinajstić information content (AvgIpc) is 2.99. The number of para-hydroxylation sites is 1. The van der Waals surface area contributed by atoms with Crippen LogP contribution in [-0.4, -0.2) is 55.1 Å². The van der Waals surface area contributed by atoms with Crippen LogP contribution in [0.2, 0.25) is 0 Å². The monoisotopic (exact) mass is 390 g/mol. The van der Waals surface area contributed by atoms with E-state index < -0.39 is 20.2 Å². The minimum Gasteiger partial charge on any atom is -0.368 e. The summed E-state index contributed by atoms with van der Waals surface area (Å²) in [4.78, 5) is 7.08. The Hall–Kier alpha value is -2.14. The molecule has 0 unspecified atom stereocenters. The third-order valence-corrected chi connectivity index (χ3v) is 5.64. The predicted octanol–water partition coefficient (Wildman–Crippen LogP) is 1.99. The summed E-state index contributed by atoms with van der Waals surface area (Å²) in [7, 11) is -5.40. The molecule has 11 heteroatoms. The molecule has 0 amide bonds. The summed E-state index contributed by atoms with van der Waals surface area (Å²) < 4.78 is 67.4. The number of halogens is 3. The fourth-order valence-corrected chi connectivity index (χ4v) is 3.80. The van der Waals surface area contributed by atoms with E-state index in [4.69, 9.17) is 4.52 Å². The summed E-state index contributed by atoms with van der Waals surface area (Å²) in [5, 5.41) is 3.81. The van der Waals surface area contributed by atoms with E-state index in [1.807, 2.05) is 4.90 Å². The van der Waals surface area contributed by atoms with Gasteiger partial charge in [-0.25, -0.2) is 8.42 Å². The largest absolute Gasteiger partial charge is 0.501 e. The number of sulfone groups is 1. The van der Waals surface area contributed by atoms with Crippen LogP contribution in [-0.2, 0) is 16.4 Å².